The first-order valence-electron chi connectivity index (χ1n) is 5.76. The van der Waals surface area contributed by atoms with Gasteiger partial charge in [-0.05, 0) is 46.8 Å². The molecule has 0 radical (unpaired) electrons. The quantitative estimate of drug-likeness (QED) is 0.719. The second-order valence-corrected chi connectivity index (χ2v) is 4.25. The van der Waals surface area contributed by atoms with E-state index >= 15 is 0 Å². The van der Waals surface area contributed by atoms with Gasteiger partial charge in [0.05, 0.1) is 6.10 Å². The van der Waals surface area contributed by atoms with E-state index in [1.54, 1.807) is 0 Å². The molecule has 1 aliphatic rings. The van der Waals surface area contributed by atoms with Crippen LogP contribution in [0.4, 0.5) is 0 Å². The Hall–Kier alpha value is -0.120. The SMILES string of the molecule is CCOC(C)CNC1CCN(C)CC1. The van der Waals surface area contributed by atoms with Crippen LogP contribution in [0.15, 0.2) is 0 Å². The van der Waals surface area contributed by atoms with E-state index in [0.29, 0.717) is 12.1 Å². The van der Waals surface area contributed by atoms with Crippen LogP contribution in [0.25, 0.3) is 0 Å². The molecule has 3 nitrogen and oxygen atoms in total. The van der Waals surface area contributed by atoms with E-state index in [1.807, 2.05) is 6.92 Å². The minimum absolute atomic E-state index is 0.347. The topological polar surface area (TPSA) is 24.5 Å². The lowest BCUT2D eigenvalue weighted by Gasteiger charge is -2.30. The van der Waals surface area contributed by atoms with Gasteiger partial charge in [-0.15, -0.1) is 0 Å². The first-order valence-corrected chi connectivity index (χ1v) is 5.76. The van der Waals surface area contributed by atoms with Gasteiger partial charge in [0, 0.05) is 19.2 Å². The fraction of sp³-hybridized carbons (Fsp3) is 1.00. The summed E-state index contributed by atoms with van der Waals surface area (Å²) in [4.78, 5) is 2.39. The molecule has 0 amide bonds. The highest BCUT2D eigenvalue weighted by atomic mass is 16.5. The van der Waals surface area contributed by atoms with Crippen molar-refractivity contribution in [2.45, 2.75) is 38.8 Å². The molecule has 0 aromatic carbocycles. The van der Waals surface area contributed by atoms with Crippen LogP contribution in [-0.2, 0) is 4.74 Å². The molecule has 1 rings (SSSR count). The van der Waals surface area contributed by atoms with Gasteiger partial charge in [0.2, 0.25) is 0 Å². The van der Waals surface area contributed by atoms with Crippen LogP contribution in [0.1, 0.15) is 26.7 Å². The zero-order valence-electron chi connectivity index (χ0n) is 9.75. The Labute approximate surface area is 87.8 Å². The van der Waals surface area contributed by atoms with Crippen molar-refractivity contribution in [3.63, 3.8) is 0 Å². The van der Waals surface area contributed by atoms with Crippen LogP contribution >= 0.6 is 0 Å². The number of hydrogen-bond acceptors (Lipinski definition) is 3. The van der Waals surface area contributed by atoms with Crippen molar-refractivity contribution < 1.29 is 4.74 Å². The van der Waals surface area contributed by atoms with E-state index in [2.05, 4.69) is 24.2 Å². The van der Waals surface area contributed by atoms with Crippen LogP contribution < -0.4 is 5.32 Å². The number of ether oxygens (including phenoxy) is 1. The van der Waals surface area contributed by atoms with Crippen LogP contribution in [0.5, 0.6) is 0 Å². The third kappa shape index (κ3) is 4.40. The Kier molecular flexibility index (Phi) is 5.45. The normalized spacial score (nSPS) is 22.5. The number of nitrogens with zero attached hydrogens (tertiary/aromatic N) is 1. The summed E-state index contributed by atoms with van der Waals surface area (Å²) >= 11 is 0. The smallest absolute Gasteiger partial charge is 0.0671 e. The van der Waals surface area contributed by atoms with Gasteiger partial charge < -0.3 is 15.0 Å². The molecule has 1 atom stereocenters. The first kappa shape index (κ1) is 12.0. The van der Waals surface area contributed by atoms with E-state index in [4.69, 9.17) is 4.74 Å². The van der Waals surface area contributed by atoms with Gasteiger partial charge in [-0.25, -0.2) is 0 Å². The van der Waals surface area contributed by atoms with Gasteiger partial charge in [-0.1, -0.05) is 0 Å². The maximum atomic E-state index is 5.48. The van der Waals surface area contributed by atoms with Crippen molar-refractivity contribution in [2.24, 2.45) is 0 Å². The van der Waals surface area contributed by atoms with Gasteiger partial charge in [0.1, 0.15) is 0 Å². The van der Waals surface area contributed by atoms with Crippen LogP contribution in [0, 0.1) is 0 Å². The average molecular weight is 200 g/mol. The molecule has 1 aliphatic heterocycles. The molecule has 14 heavy (non-hydrogen) atoms. The zero-order chi connectivity index (χ0) is 10.4. The number of likely N-dealkylation sites (tertiary alicyclic amines) is 1. The molecule has 1 N–H and O–H groups in total. The molecular formula is C11H24N2O. The minimum atomic E-state index is 0.347. The van der Waals surface area contributed by atoms with E-state index in [9.17, 15) is 0 Å². The molecule has 3 heteroatoms. The maximum absolute atomic E-state index is 5.48. The molecule has 1 saturated heterocycles. The molecule has 0 saturated carbocycles. The minimum Gasteiger partial charge on any atom is -0.377 e. The van der Waals surface area contributed by atoms with Gasteiger partial charge >= 0.3 is 0 Å². The summed E-state index contributed by atoms with van der Waals surface area (Å²) in [5.41, 5.74) is 0. The molecule has 1 fully saturated rings. The van der Waals surface area contributed by atoms with Crippen molar-refractivity contribution in [2.75, 3.05) is 33.3 Å². The summed E-state index contributed by atoms with van der Waals surface area (Å²) < 4.78 is 5.48. The Morgan fingerprint density at radius 3 is 2.64 bits per heavy atom. The summed E-state index contributed by atoms with van der Waals surface area (Å²) in [5.74, 6) is 0. The summed E-state index contributed by atoms with van der Waals surface area (Å²) in [6, 6.07) is 0.703. The van der Waals surface area contributed by atoms with E-state index < -0.39 is 0 Å². The number of hydrogen-bond donors (Lipinski definition) is 1. The zero-order valence-corrected chi connectivity index (χ0v) is 9.75. The third-order valence-corrected chi connectivity index (χ3v) is 2.86. The highest BCUT2D eigenvalue weighted by Crippen LogP contribution is 2.08. The van der Waals surface area contributed by atoms with Crippen LogP contribution in [-0.4, -0.2) is 50.3 Å². The fourth-order valence-electron chi connectivity index (χ4n) is 1.89. The highest BCUT2D eigenvalue weighted by Gasteiger charge is 2.16. The van der Waals surface area contributed by atoms with Gasteiger partial charge in [0.15, 0.2) is 0 Å². The monoisotopic (exact) mass is 200 g/mol. The lowest BCUT2D eigenvalue weighted by Crippen LogP contribution is -2.43. The standard InChI is InChI=1S/C11H24N2O/c1-4-14-10(2)9-12-11-5-7-13(3)8-6-11/h10-12H,4-9H2,1-3H3. The molecular weight excluding hydrogens is 176 g/mol. The number of rotatable bonds is 5. The van der Waals surface area contributed by atoms with Gasteiger partial charge in [-0.2, -0.15) is 0 Å². The van der Waals surface area contributed by atoms with E-state index in [-0.39, 0.29) is 0 Å². The number of piperidine rings is 1. The van der Waals surface area contributed by atoms with Crippen molar-refractivity contribution in [3.05, 3.63) is 0 Å². The maximum Gasteiger partial charge on any atom is 0.0671 e. The van der Waals surface area contributed by atoms with E-state index in [1.165, 1.54) is 25.9 Å². The molecule has 0 spiro atoms. The Bertz CT molecular complexity index is 144. The second kappa shape index (κ2) is 6.38. The summed E-state index contributed by atoms with van der Waals surface area (Å²) in [7, 11) is 2.19. The van der Waals surface area contributed by atoms with Crippen LogP contribution in [0.2, 0.25) is 0 Å². The molecule has 0 aromatic rings. The first-order chi connectivity index (χ1) is 6.72. The second-order valence-electron chi connectivity index (χ2n) is 4.25. The number of nitrogens with one attached hydrogen (secondary N) is 1. The third-order valence-electron chi connectivity index (χ3n) is 2.86. The summed E-state index contributed by atoms with van der Waals surface area (Å²) in [5, 5.41) is 3.58. The molecule has 1 unspecified atom stereocenters. The Morgan fingerprint density at radius 1 is 1.43 bits per heavy atom. The molecule has 1 heterocycles. The van der Waals surface area contributed by atoms with Gasteiger partial charge in [0.25, 0.3) is 0 Å². The fourth-order valence-corrected chi connectivity index (χ4v) is 1.89. The lowest BCUT2D eigenvalue weighted by molar-refractivity contribution is 0.0715. The summed E-state index contributed by atoms with van der Waals surface area (Å²) in [6.07, 6.45) is 2.89. The van der Waals surface area contributed by atoms with Crippen molar-refractivity contribution in [3.8, 4) is 0 Å². The Morgan fingerprint density at radius 2 is 2.07 bits per heavy atom. The predicted molar refractivity (Wildman–Crippen MR) is 59.6 cm³/mol. The van der Waals surface area contributed by atoms with Gasteiger partial charge in [-0.3, -0.25) is 0 Å². The average Bonchev–Trinajstić information content (AvgIpc) is 2.17. The largest absolute Gasteiger partial charge is 0.377 e. The lowest BCUT2D eigenvalue weighted by atomic mass is 10.1. The Balaban J connectivity index is 2.06. The van der Waals surface area contributed by atoms with Crippen LogP contribution in [0.3, 0.4) is 0 Å². The van der Waals surface area contributed by atoms with Crippen molar-refractivity contribution >= 4 is 0 Å². The van der Waals surface area contributed by atoms with Crippen molar-refractivity contribution in [1.29, 1.82) is 0 Å². The molecule has 0 bridgehead atoms. The molecule has 84 valence electrons. The predicted octanol–water partition coefficient (Wildman–Crippen LogP) is 1.10. The van der Waals surface area contributed by atoms with Crippen molar-refractivity contribution in [1.82, 2.24) is 10.2 Å². The van der Waals surface area contributed by atoms with E-state index in [0.717, 1.165) is 13.2 Å². The molecule has 0 aromatic heterocycles. The molecule has 0 aliphatic carbocycles. The summed E-state index contributed by atoms with van der Waals surface area (Å²) in [6.45, 7) is 8.43. The highest BCUT2D eigenvalue weighted by molar-refractivity contribution is 4.76.